The Hall–Kier alpha value is -2.34. The number of nitrogens with zero attached hydrogens (tertiary/aromatic N) is 2. The Morgan fingerprint density at radius 1 is 0.964 bits per heavy atom. The van der Waals surface area contributed by atoms with Gasteiger partial charge in [0.15, 0.2) is 0 Å². The fraction of sp³-hybridized carbons (Fsp3) is 0.364. The Morgan fingerprint density at radius 3 is 2.14 bits per heavy atom. The van der Waals surface area contributed by atoms with Crippen molar-refractivity contribution in [3.05, 3.63) is 58.6 Å². The topological polar surface area (TPSA) is 52.7 Å². The van der Waals surface area contributed by atoms with Gasteiger partial charge in [-0.3, -0.25) is 9.59 Å². The molecule has 0 saturated carbocycles. The molecule has 0 bridgehead atoms. The number of hydrogen-bond donors (Lipinski definition) is 1. The highest BCUT2D eigenvalue weighted by molar-refractivity contribution is 9.10. The van der Waals surface area contributed by atoms with Crippen LogP contribution in [0.3, 0.4) is 0 Å². The van der Waals surface area contributed by atoms with Crippen molar-refractivity contribution in [3.8, 4) is 0 Å². The van der Waals surface area contributed by atoms with Gasteiger partial charge in [-0.15, -0.1) is 0 Å². The molecule has 1 N–H and O–H groups in total. The number of carbonyl (C=O) groups is 2. The van der Waals surface area contributed by atoms with Crippen molar-refractivity contribution in [2.45, 2.75) is 20.3 Å². The molecular weight excluding hydrogens is 418 g/mol. The van der Waals surface area contributed by atoms with Crippen molar-refractivity contribution in [2.24, 2.45) is 5.92 Å². The Labute approximate surface area is 174 Å². The van der Waals surface area contributed by atoms with Crippen LogP contribution >= 0.6 is 15.9 Å². The molecular formula is C22H26BrN3O2. The van der Waals surface area contributed by atoms with Gasteiger partial charge in [-0.1, -0.05) is 29.8 Å². The number of rotatable bonds is 5. The summed E-state index contributed by atoms with van der Waals surface area (Å²) in [6.07, 6.45) is 0.618. The van der Waals surface area contributed by atoms with Gasteiger partial charge in [0, 0.05) is 54.0 Å². The molecule has 6 heteroatoms. The molecule has 1 heterocycles. The van der Waals surface area contributed by atoms with E-state index in [0.717, 1.165) is 42.0 Å². The fourth-order valence-electron chi connectivity index (χ4n) is 3.25. The summed E-state index contributed by atoms with van der Waals surface area (Å²) in [6, 6.07) is 15.1. The third-order valence-corrected chi connectivity index (χ3v) is 5.34. The summed E-state index contributed by atoms with van der Waals surface area (Å²) >= 11 is 3.37. The standard InChI is InChI=1S/C22H26BrN3O2/c1-16(2)15-21(27)26-13-11-25(12-14-26)20-9-7-19(8-10-20)24-22(28)17-3-5-18(23)6-4-17/h3-10,16H,11-15H2,1-2H3,(H,24,28). The van der Waals surface area contributed by atoms with Gasteiger partial charge >= 0.3 is 0 Å². The largest absolute Gasteiger partial charge is 0.368 e. The van der Waals surface area contributed by atoms with E-state index in [4.69, 9.17) is 0 Å². The van der Waals surface area contributed by atoms with Crippen molar-refractivity contribution in [2.75, 3.05) is 36.4 Å². The van der Waals surface area contributed by atoms with E-state index in [2.05, 4.69) is 40.0 Å². The van der Waals surface area contributed by atoms with Crippen LogP contribution in [0.1, 0.15) is 30.6 Å². The van der Waals surface area contributed by atoms with Crippen LogP contribution in [0.5, 0.6) is 0 Å². The normalized spacial score (nSPS) is 14.3. The van der Waals surface area contributed by atoms with E-state index in [1.807, 2.05) is 41.3 Å². The van der Waals surface area contributed by atoms with Crippen LogP contribution in [0.15, 0.2) is 53.0 Å². The zero-order chi connectivity index (χ0) is 20.1. The molecule has 1 fully saturated rings. The molecule has 28 heavy (non-hydrogen) atoms. The first-order chi connectivity index (χ1) is 13.4. The van der Waals surface area contributed by atoms with Gasteiger partial charge in [0.2, 0.25) is 5.91 Å². The van der Waals surface area contributed by atoms with Gasteiger partial charge in [0.1, 0.15) is 0 Å². The average molecular weight is 444 g/mol. The maximum absolute atomic E-state index is 12.3. The first-order valence-electron chi connectivity index (χ1n) is 9.62. The van der Waals surface area contributed by atoms with E-state index in [-0.39, 0.29) is 11.8 Å². The number of halogens is 1. The molecule has 2 aromatic carbocycles. The minimum absolute atomic E-state index is 0.127. The predicted molar refractivity (Wildman–Crippen MR) is 117 cm³/mol. The van der Waals surface area contributed by atoms with E-state index in [0.29, 0.717) is 17.9 Å². The molecule has 5 nitrogen and oxygen atoms in total. The smallest absolute Gasteiger partial charge is 0.255 e. The molecule has 1 aliphatic heterocycles. The summed E-state index contributed by atoms with van der Waals surface area (Å²) in [7, 11) is 0. The van der Waals surface area contributed by atoms with Crippen LogP contribution in [0.2, 0.25) is 0 Å². The summed E-state index contributed by atoms with van der Waals surface area (Å²) in [4.78, 5) is 28.8. The summed E-state index contributed by atoms with van der Waals surface area (Å²) in [5, 5.41) is 2.92. The van der Waals surface area contributed by atoms with Crippen molar-refractivity contribution < 1.29 is 9.59 Å². The number of nitrogens with one attached hydrogen (secondary N) is 1. The molecule has 0 unspecified atom stereocenters. The Morgan fingerprint density at radius 2 is 1.57 bits per heavy atom. The van der Waals surface area contributed by atoms with Gasteiger partial charge < -0.3 is 15.1 Å². The summed E-state index contributed by atoms with van der Waals surface area (Å²) in [5.41, 5.74) is 2.49. The first-order valence-corrected chi connectivity index (χ1v) is 10.4. The number of benzene rings is 2. The van der Waals surface area contributed by atoms with E-state index in [1.165, 1.54) is 0 Å². The van der Waals surface area contributed by atoms with Crippen LogP contribution in [0, 0.1) is 5.92 Å². The minimum atomic E-state index is -0.127. The van der Waals surface area contributed by atoms with Crippen molar-refractivity contribution in [1.29, 1.82) is 0 Å². The number of anilines is 2. The highest BCUT2D eigenvalue weighted by atomic mass is 79.9. The molecule has 1 aliphatic rings. The molecule has 0 aliphatic carbocycles. The van der Waals surface area contributed by atoms with Gasteiger partial charge in [-0.05, 0) is 54.4 Å². The summed E-state index contributed by atoms with van der Waals surface area (Å²) < 4.78 is 0.944. The Bertz CT molecular complexity index is 811. The maximum atomic E-state index is 12.3. The molecule has 2 aromatic rings. The number of piperazine rings is 1. The lowest BCUT2D eigenvalue weighted by Crippen LogP contribution is -2.49. The minimum Gasteiger partial charge on any atom is -0.368 e. The molecule has 1 saturated heterocycles. The Kier molecular flexibility index (Phi) is 6.73. The van der Waals surface area contributed by atoms with Gasteiger partial charge in [0.25, 0.3) is 5.91 Å². The molecule has 3 rings (SSSR count). The van der Waals surface area contributed by atoms with Crippen LogP contribution < -0.4 is 10.2 Å². The highest BCUT2D eigenvalue weighted by Crippen LogP contribution is 2.21. The quantitative estimate of drug-likeness (QED) is 0.744. The van der Waals surface area contributed by atoms with E-state index in [9.17, 15) is 9.59 Å². The predicted octanol–water partition coefficient (Wildman–Crippen LogP) is 4.40. The first kappa shape index (κ1) is 20.4. The second kappa shape index (κ2) is 9.24. The van der Waals surface area contributed by atoms with Crippen LogP contribution in [0.25, 0.3) is 0 Å². The summed E-state index contributed by atoms with van der Waals surface area (Å²) in [5.74, 6) is 0.517. The third kappa shape index (κ3) is 5.35. The fourth-order valence-corrected chi connectivity index (χ4v) is 3.52. The lowest BCUT2D eigenvalue weighted by atomic mass is 10.1. The van der Waals surface area contributed by atoms with E-state index >= 15 is 0 Å². The Balaban J connectivity index is 1.54. The summed E-state index contributed by atoms with van der Waals surface area (Å²) in [6.45, 7) is 7.32. The van der Waals surface area contributed by atoms with Crippen LogP contribution in [-0.4, -0.2) is 42.9 Å². The second-order valence-electron chi connectivity index (χ2n) is 7.47. The number of carbonyl (C=O) groups excluding carboxylic acids is 2. The monoisotopic (exact) mass is 443 g/mol. The second-order valence-corrected chi connectivity index (χ2v) is 8.39. The number of amides is 2. The molecule has 0 atom stereocenters. The molecule has 2 amide bonds. The maximum Gasteiger partial charge on any atom is 0.255 e. The van der Waals surface area contributed by atoms with Crippen molar-refractivity contribution in [3.63, 3.8) is 0 Å². The van der Waals surface area contributed by atoms with Gasteiger partial charge in [-0.25, -0.2) is 0 Å². The average Bonchev–Trinajstić information content (AvgIpc) is 2.68. The van der Waals surface area contributed by atoms with Crippen LogP contribution in [-0.2, 0) is 4.79 Å². The zero-order valence-electron chi connectivity index (χ0n) is 16.3. The number of hydrogen-bond acceptors (Lipinski definition) is 3. The third-order valence-electron chi connectivity index (χ3n) is 4.81. The zero-order valence-corrected chi connectivity index (χ0v) is 17.9. The molecule has 148 valence electrons. The molecule has 0 spiro atoms. The van der Waals surface area contributed by atoms with Crippen LogP contribution in [0.4, 0.5) is 11.4 Å². The van der Waals surface area contributed by atoms with Crippen molar-refractivity contribution in [1.82, 2.24) is 4.90 Å². The van der Waals surface area contributed by atoms with E-state index < -0.39 is 0 Å². The SMILES string of the molecule is CC(C)CC(=O)N1CCN(c2ccc(NC(=O)c3ccc(Br)cc3)cc2)CC1. The van der Waals surface area contributed by atoms with Gasteiger partial charge in [-0.2, -0.15) is 0 Å². The lowest BCUT2D eigenvalue weighted by molar-refractivity contribution is -0.132. The highest BCUT2D eigenvalue weighted by Gasteiger charge is 2.21. The molecule has 0 aromatic heterocycles. The lowest BCUT2D eigenvalue weighted by Gasteiger charge is -2.36. The van der Waals surface area contributed by atoms with Gasteiger partial charge in [0.05, 0.1) is 0 Å². The van der Waals surface area contributed by atoms with E-state index in [1.54, 1.807) is 12.1 Å². The molecule has 0 radical (unpaired) electrons. The van der Waals surface area contributed by atoms with Crippen molar-refractivity contribution >= 4 is 39.1 Å².